The lowest BCUT2D eigenvalue weighted by atomic mass is 9.69. The summed E-state index contributed by atoms with van der Waals surface area (Å²) in [4.78, 5) is 26.7. The number of hydrogen-bond acceptors (Lipinski definition) is 4. The third-order valence-electron chi connectivity index (χ3n) is 5.89. The van der Waals surface area contributed by atoms with Gasteiger partial charge in [-0.3, -0.25) is 9.59 Å². The van der Waals surface area contributed by atoms with Crippen molar-refractivity contribution in [3.8, 4) is 6.07 Å². The Balaban J connectivity index is 1.80. The molecule has 8 heteroatoms. The smallest absolute Gasteiger partial charge is 0.367 e. The number of imide groups is 1. The monoisotopic (exact) mass is 364 g/mol. The van der Waals surface area contributed by atoms with Gasteiger partial charge in [-0.2, -0.15) is 18.4 Å². The Hall–Kier alpha value is -2.40. The third-order valence-corrected chi connectivity index (χ3v) is 5.89. The highest BCUT2D eigenvalue weighted by Crippen LogP contribution is 2.61. The fraction of sp³-hybridized carbons (Fsp3) is 0.500. The average Bonchev–Trinajstić information content (AvgIpc) is 3.10. The molecule has 2 bridgehead atoms. The van der Waals surface area contributed by atoms with Gasteiger partial charge in [0.1, 0.15) is 0 Å². The lowest BCUT2D eigenvalue weighted by Crippen LogP contribution is -2.40. The lowest BCUT2D eigenvalue weighted by Gasteiger charge is -2.27. The molecule has 4 rings (SSSR count). The van der Waals surface area contributed by atoms with Gasteiger partial charge in [0.25, 0.3) is 0 Å². The number of alkyl halides is 3. The van der Waals surface area contributed by atoms with Gasteiger partial charge in [-0.25, -0.2) is 4.90 Å². The summed E-state index contributed by atoms with van der Waals surface area (Å²) in [5.41, 5.74) is -3.43. The second kappa shape index (κ2) is 4.86. The van der Waals surface area contributed by atoms with Crippen LogP contribution in [0, 0.1) is 23.2 Å². The van der Waals surface area contributed by atoms with E-state index < -0.39 is 52.2 Å². The van der Waals surface area contributed by atoms with Gasteiger partial charge in [-0.15, -0.1) is 0 Å². The molecule has 5 nitrogen and oxygen atoms in total. The highest BCUT2D eigenvalue weighted by atomic mass is 19.4. The molecule has 0 radical (unpaired) electrons. The van der Waals surface area contributed by atoms with Crippen molar-refractivity contribution < 1.29 is 27.5 Å². The molecule has 1 aromatic rings. The van der Waals surface area contributed by atoms with Gasteiger partial charge in [0.05, 0.1) is 45.9 Å². The first-order chi connectivity index (χ1) is 12.0. The SMILES string of the molecule is C[C@]12CC[C@](C)(O1)C1C(=O)N(c3ccc(C#N)c(C(F)(F)F)c3)C(=O)[C@@H]12. The lowest BCUT2D eigenvalue weighted by molar-refractivity contribution is -0.138. The number of carbonyl (C=O) groups is 2. The molecule has 0 N–H and O–H groups in total. The van der Waals surface area contributed by atoms with Crippen LogP contribution in [-0.2, 0) is 20.5 Å². The molecule has 3 aliphatic heterocycles. The maximum atomic E-state index is 13.2. The third kappa shape index (κ3) is 2.01. The second-order valence-corrected chi connectivity index (χ2v) is 7.53. The number of nitrogens with zero attached hydrogens (tertiary/aromatic N) is 2. The van der Waals surface area contributed by atoms with E-state index >= 15 is 0 Å². The highest BCUT2D eigenvalue weighted by Gasteiger charge is 2.72. The van der Waals surface area contributed by atoms with Crippen molar-refractivity contribution in [1.29, 1.82) is 5.26 Å². The van der Waals surface area contributed by atoms with E-state index in [1.807, 2.05) is 0 Å². The van der Waals surface area contributed by atoms with Crippen molar-refractivity contribution in [2.24, 2.45) is 11.8 Å². The molecule has 0 saturated carbocycles. The van der Waals surface area contributed by atoms with Crippen LogP contribution in [0.15, 0.2) is 18.2 Å². The minimum absolute atomic E-state index is 0.160. The van der Waals surface area contributed by atoms with Gasteiger partial charge in [0.15, 0.2) is 0 Å². The van der Waals surface area contributed by atoms with Gasteiger partial charge >= 0.3 is 6.18 Å². The van der Waals surface area contributed by atoms with Crippen molar-refractivity contribution in [1.82, 2.24) is 0 Å². The van der Waals surface area contributed by atoms with Gasteiger partial charge in [0.2, 0.25) is 11.8 Å². The van der Waals surface area contributed by atoms with Gasteiger partial charge in [0, 0.05) is 0 Å². The molecule has 3 aliphatic rings. The van der Waals surface area contributed by atoms with Crippen molar-refractivity contribution in [2.45, 2.75) is 44.1 Å². The number of amides is 2. The van der Waals surface area contributed by atoms with Gasteiger partial charge in [-0.05, 0) is 44.9 Å². The first kappa shape index (κ1) is 17.0. The normalized spacial score (nSPS) is 35.8. The molecule has 136 valence electrons. The van der Waals surface area contributed by atoms with Crippen LogP contribution < -0.4 is 4.90 Å². The van der Waals surface area contributed by atoms with Crippen molar-refractivity contribution in [3.05, 3.63) is 29.3 Å². The number of fused-ring (bicyclic) bond motifs is 5. The van der Waals surface area contributed by atoms with Crippen molar-refractivity contribution in [3.63, 3.8) is 0 Å². The van der Waals surface area contributed by atoms with Crippen LogP contribution in [0.4, 0.5) is 18.9 Å². The summed E-state index contributed by atoms with van der Waals surface area (Å²) in [6, 6.07) is 4.38. The zero-order chi connectivity index (χ0) is 19.1. The fourth-order valence-corrected chi connectivity index (χ4v) is 4.73. The molecule has 0 spiro atoms. The minimum Gasteiger partial charge on any atom is -0.367 e. The van der Waals surface area contributed by atoms with E-state index in [0.29, 0.717) is 18.9 Å². The van der Waals surface area contributed by atoms with Crippen LogP contribution in [-0.4, -0.2) is 23.0 Å². The minimum atomic E-state index is -4.76. The summed E-state index contributed by atoms with van der Waals surface area (Å²) in [6.07, 6.45) is -3.51. The van der Waals surface area contributed by atoms with E-state index in [9.17, 15) is 22.8 Å². The molecule has 2 amide bonds. The molecule has 4 atom stereocenters. The molecule has 26 heavy (non-hydrogen) atoms. The summed E-state index contributed by atoms with van der Waals surface area (Å²) in [5.74, 6) is -2.47. The molecule has 1 unspecified atom stereocenters. The quantitative estimate of drug-likeness (QED) is 0.718. The number of hydrogen-bond donors (Lipinski definition) is 0. The Labute approximate surface area is 147 Å². The number of carbonyl (C=O) groups excluding carboxylic acids is 2. The summed E-state index contributed by atoms with van der Waals surface area (Å²) in [7, 11) is 0. The van der Waals surface area contributed by atoms with Crippen LogP contribution in [0.5, 0.6) is 0 Å². The number of nitriles is 1. The summed E-state index contributed by atoms with van der Waals surface area (Å²) in [6.45, 7) is 3.55. The molecule has 3 heterocycles. The molecular weight excluding hydrogens is 349 g/mol. The predicted molar refractivity (Wildman–Crippen MR) is 82.8 cm³/mol. The van der Waals surface area contributed by atoms with E-state index in [1.165, 1.54) is 12.1 Å². The standard InChI is InChI=1S/C18H15F3N2O3/c1-16-5-6-17(2,26-16)13-12(16)14(24)23(15(13)25)10-4-3-9(8-22)11(7-10)18(19,20)21/h3-4,7,12-13H,5-6H2,1-2H3/t12-,13?,16-,17+/m1/s1. The maximum Gasteiger partial charge on any atom is 0.417 e. The summed E-state index contributed by atoms with van der Waals surface area (Å²) >= 11 is 0. The molecule has 0 aliphatic carbocycles. The number of anilines is 1. The van der Waals surface area contributed by atoms with E-state index in [2.05, 4.69) is 0 Å². The molecular formula is C18H15F3N2O3. The number of ether oxygens (including phenoxy) is 1. The van der Waals surface area contributed by atoms with Crippen LogP contribution >= 0.6 is 0 Å². The van der Waals surface area contributed by atoms with E-state index in [0.717, 1.165) is 11.0 Å². The maximum absolute atomic E-state index is 13.2. The molecule has 0 aromatic heterocycles. The van der Waals surface area contributed by atoms with E-state index in [1.54, 1.807) is 13.8 Å². The topological polar surface area (TPSA) is 70.4 Å². The highest BCUT2D eigenvalue weighted by molar-refractivity contribution is 6.23. The van der Waals surface area contributed by atoms with Crippen LogP contribution in [0.3, 0.4) is 0 Å². The zero-order valence-corrected chi connectivity index (χ0v) is 14.1. The molecule has 1 aromatic carbocycles. The second-order valence-electron chi connectivity index (χ2n) is 7.53. The fourth-order valence-electron chi connectivity index (χ4n) is 4.73. The summed E-state index contributed by atoms with van der Waals surface area (Å²) in [5, 5.41) is 8.90. The van der Waals surface area contributed by atoms with E-state index in [-0.39, 0.29) is 5.69 Å². The van der Waals surface area contributed by atoms with Crippen molar-refractivity contribution in [2.75, 3.05) is 4.90 Å². The molecule has 3 fully saturated rings. The largest absolute Gasteiger partial charge is 0.417 e. The molecule has 3 saturated heterocycles. The Bertz CT molecular complexity index is 857. The number of benzene rings is 1. The summed E-state index contributed by atoms with van der Waals surface area (Å²) < 4.78 is 45.6. The predicted octanol–water partition coefficient (Wildman–Crippen LogP) is 3.02. The Morgan fingerprint density at radius 3 is 2.15 bits per heavy atom. The average molecular weight is 364 g/mol. The Morgan fingerprint density at radius 2 is 1.69 bits per heavy atom. The van der Waals surface area contributed by atoms with Crippen LogP contribution in [0.2, 0.25) is 0 Å². The van der Waals surface area contributed by atoms with Gasteiger partial charge < -0.3 is 4.74 Å². The van der Waals surface area contributed by atoms with Crippen LogP contribution in [0.25, 0.3) is 0 Å². The Morgan fingerprint density at radius 1 is 1.15 bits per heavy atom. The number of rotatable bonds is 1. The number of halogens is 3. The van der Waals surface area contributed by atoms with E-state index in [4.69, 9.17) is 10.00 Å². The van der Waals surface area contributed by atoms with Gasteiger partial charge in [-0.1, -0.05) is 0 Å². The van der Waals surface area contributed by atoms with Crippen molar-refractivity contribution >= 4 is 17.5 Å². The zero-order valence-electron chi connectivity index (χ0n) is 14.1. The Kier molecular flexibility index (Phi) is 3.18. The van der Waals surface area contributed by atoms with Crippen LogP contribution in [0.1, 0.15) is 37.8 Å². The first-order valence-electron chi connectivity index (χ1n) is 8.21. The first-order valence-corrected chi connectivity index (χ1v) is 8.21.